The number of thioether (sulfide) groups is 1. The van der Waals surface area contributed by atoms with Gasteiger partial charge in [0.05, 0.1) is 5.75 Å². The largest absolute Gasteiger partial charge is 0.360 e. The third-order valence-corrected chi connectivity index (χ3v) is 5.79. The molecule has 0 saturated heterocycles. The van der Waals surface area contributed by atoms with Crippen molar-refractivity contribution in [2.24, 2.45) is 0 Å². The van der Waals surface area contributed by atoms with Crippen LogP contribution in [0.3, 0.4) is 0 Å². The molecule has 0 spiro atoms. The summed E-state index contributed by atoms with van der Waals surface area (Å²) < 4.78 is 7.62. The van der Waals surface area contributed by atoms with E-state index in [0.29, 0.717) is 5.75 Å². The number of rotatable bonds is 6. The van der Waals surface area contributed by atoms with Crippen LogP contribution in [0.25, 0.3) is 28.3 Å². The van der Waals surface area contributed by atoms with Crippen LogP contribution in [-0.4, -0.2) is 24.9 Å². The zero-order valence-electron chi connectivity index (χ0n) is 16.8. The Morgan fingerprint density at radius 3 is 2.42 bits per heavy atom. The van der Waals surface area contributed by atoms with E-state index in [2.05, 4.69) is 56.1 Å². The molecule has 31 heavy (non-hydrogen) atoms. The Hall–Kier alpha value is -3.71. The predicted octanol–water partition coefficient (Wildman–Crippen LogP) is 5.59. The maximum Gasteiger partial charge on any atom is 0.196 e. The maximum atomic E-state index is 5.56. The standard InChI is InChI=1S/C24H19N5OS/c1-17-7-9-20(10-8-17)29-23(19-11-13-25-14-12-19)26-27-24(29)31-16-21-15-22(28-30-21)18-5-3-2-4-6-18/h2-15H,16H2,1H3. The SMILES string of the molecule is Cc1ccc(-n2c(SCc3cc(-c4ccccc4)no3)nnc2-c2ccncc2)cc1. The molecule has 0 N–H and O–H groups in total. The first-order valence-corrected chi connectivity index (χ1v) is 10.8. The Labute approximate surface area is 184 Å². The van der Waals surface area contributed by atoms with E-state index >= 15 is 0 Å². The zero-order chi connectivity index (χ0) is 21.0. The molecule has 152 valence electrons. The summed E-state index contributed by atoms with van der Waals surface area (Å²) in [5, 5.41) is 13.9. The molecule has 0 fully saturated rings. The van der Waals surface area contributed by atoms with Crippen LogP contribution >= 0.6 is 11.8 Å². The smallest absolute Gasteiger partial charge is 0.196 e. The van der Waals surface area contributed by atoms with Gasteiger partial charge in [-0.05, 0) is 31.2 Å². The molecule has 6 nitrogen and oxygen atoms in total. The number of aryl methyl sites for hydroxylation is 1. The van der Waals surface area contributed by atoms with E-state index in [0.717, 1.165) is 39.2 Å². The minimum atomic E-state index is 0.597. The van der Waals surface area contributed by atoms with Gasteiger partial charge in [0.1, 0.15) is 11.5 Å². The normalized spacial score (nSPS) is 11.0. The summed E-state index contributed by atoms with van der Waals surface area (Å²) in [6, 6.07) is 24.2. The first kappa shape index (κ1) is 19.3. The van der Waals surface area contributed by atoms with Crippen molar-refractivity contribution in [2.75, 3.05) is 0 Å². The molecule has 0 saturated carbocycles. The Bertz CT molecular complexity index is 1280. The molecule has 0 aliphatic heterocycles. The lowest BCUT2D eigenvalue weighted by atomic mass is 10.1. The van der Waals surface area contributed by atoms with Crippen molar-refractivity contribution in [1.29, 1.82) is 0 Å². The van der Waals surface area contributed by atoms with E-state index in [4.69, 9.17) is 4.52 Å². The molecule has 5 aromatic rings. The fourth-order valence-electron chi connectivity index (χ4n) is 3.24. The van der Waals surface area contributed by atoms with Crippen LogP contribution in [0.4, 0.5) is 0 Å². The van der Waals surface area contributed by atoms with Crippen LogP contribution in [0.1, 0.15) is 11.3 Å². The monoisotopic (exact) mass is 425 g/mol. The molecular weight excluding hydrogens is 406 g/mol. The molecule has 0 amide bonds. The molecule has 2 aromatic carbocycles. The number of pyridine rings is 1. The minimum absolute atomic E-state index is 0.597. The van der Waals surface area contributed by atoms with E-state index in [1.54, 1.807) is 24.2 Å². The fourth-order valence-corrected chi connectivity index (χ4v) is 4.07. The van der Waals surface area contributed by atoms with Crippen LogP contribution in [0.2, 0.25) is 0 Å². The van der Waals surface area contributed by atoms with Crippen molar-refractivity contribution in [3.63, 3.8) is 0 Å². The first-order valence-electron chi connectivity index (χ1n) is 9.84. The lowest BCUT2D eigenvalue weighted by Gasteiger charge is -2.10. The number of hydrogen-bond acceptors (Lipinski definition) is 6. The summed E-state index contributed by atoms with van der Waals surface area (Å²) in [6.07, 6.45) is 3.52. The van der Waals surface area contributed by atoms with Gasteiger partial charge in [-0.3, -0.25) is 9.55 Å². The summed E-state index contributed by atoms with van der Waals surface area (Å²) in [7, 11) is 0. The second-order valence-electron chi connectivity index (χ2n) is 7.05. The Balaban J connectivity index is 1.45. The number of nitrogens with zero attached hydrogens (tertiary/aromatic N) is 5. The van der Waals surface area contributed by atoms with Crippen molar-refractivity contribution in [3.05, 3.63) is 96.5 Å². The highest BCUT2D eigenvalue weighted by Gasteiger charge is 2.17. The third-order valence-electron chi connectivity index (χ3n) is 4.84. The van der Waals surface area contributed by atoms with Crippen molar-refractivity contribution in [2.45, 2.75) is 17.8 Å². The summed E-state index contributed by atoms with van der Waals surface area (Å²) in [5.41, 5.74) is 5.03. The lowest BCUT2D eigenvalue weighted by Crippen LogP contribution is -2.00. The van der Waals surface area contributed by atoms with E-state index < -0.39 is 0 Å². The molecule has 3 heterocycles. The average molecular weight is 426 g/mol. The van der Waals surface area contributed by atoms with Gasteiger partial charge in [0, 0.05) is 35.3 Å². The highest BCUT2D eigenvalue weighted by molar-refractivity contribution is 7.98. The fraction of sp³-hybridized carbons (Fsp3) is 0.0833. The van der Waals surface area contributed by atoms with E-state index in [-0.39, 0.29) is 0 Å². The molecule has 0 bridgehead atoms. The summed E-state index contributed by atoms with van der Waals surface area (Å²) in [6.45, 7) is 2.07. The van der Waals surface area contributed by atoms with Crippen molar-refractivity contribution in [1.82, 2.24) is 24.9 Å². The van der Waals surface area contributed by atoms with E-state index in [1.807, 2.05) is 48.5 Å². The summed E-state index contributed by atoms with van der Waals surface area (Å²) in [5.74, 6) is 2.16. The molecule has 0 unspecified atom stereocenters. The molecule has 0 radical (unpaired) electrons. The quantitative estimate of drug-likeness (QED) is 0.331. The van der Waals surface area contributed by atoms with Gasteiger partial charge in [-0.2, -0.15) is 0 Å². The molecule has 3 aromatic heterocycles. The van der Waals surface area contributed by atoms with E-state index in [1.165, 1.54) is 5.56 Å². The molecule has 0 aliphatic rings. The topological polar surface area (TPSA) is 69.6 Å². The average Bonchev–Trinajstić information content (AvgIpc) is 3.47. The maximum absolute atomic E-state index is 5.56. The van der Waals surface area contributed by atoms with Gasteiger partial charge in [-0.1, -0.05) is 64.9 Å². The second kappa shape index (κ2) is 8.57. The summed E-state index contributed by atoms with van der Waals surface area (Å²) in [4.78, 5) is 4.11. The Morgan fingerprint density at radius 2 is 1.65 bits per heavy atom. The molecular formula is C24H19N5OS. The van der Waals surface area contributed by atoms with Gasteiger partial charge < -0.3 is 4.52 Å². The van der Waals surface area contributed by atoms with Crippen LogP contribution in [-0.2, 0) is 5.75 Å². The van der Waals surface area contributed by atoms with Crippen molar-refractivity contribution in [3.8, 4) is 28.3 Å². The van der Waals surface area contributed by atoms with Gasteiger partial charge in [0.15, 0.2) is 11.0 Å². The summed E-state index contributed by atoms with van der Waals surface area (Å²) >= 11 is 1.56. The third kappa shape index (κ3) is 4.13. The Morgan fingerprint density at radius 1 is 0.871 bits per heavy atom. The molecule has 0 aliphatic carbocycles. The van der Waals surface area contributed by atoms with Gasteiger partial charge in [-0.15, -0.1) is 10.2 Å². The van der Waals surface area contributed by atoms with Crippen molar-refractivity contribution >= 4 is 11.8 Å². The van der Waals surface area contributed by atoms with Gasteiger partial charge >= 0.3 is 0 Å². The van der Waals surface area contributed by atoms with Gasteiger partial charge in [0.25, 0.3) is 0 Å². The minimum Gasteiger partial charge on any atom is -0.360 e. The second-order valence-corrected chi connectivity index (χ2v) is 7.99. The molecule has 5 rings (SSSR count). The predicted molar refractivity (Wildman–Crippen MR) is 121 cm³/mol. The lowest BCUT2D eigenvalue weighted by molar-refractivity contribution is 0.397. The van der Waals surface area contributed by atoms with Gasteiger partial charge in [0.2, 0.25) is 0 Å². The number of benzene rings is 2. The van der Waals surface area contributed by atoms with Gasteiger partial charge in [-0.25, -0.2) is 0 Å². The van der Waals surface area contributed by atoms with Crippen LogP contribution in [0, 0.1) is 6.92 Å². The number of hydrogen-bond donors (Lipinski definition) is 0. The molecule has 7 heteroatoms. The first-order chi connectivity index (χ1) is 15.3. The highest BCUT2D eigenvalue weighted by Crippen LogP contribution is 2.30. The van der Waals surface area contributed by atoms with E-state index in [9.17, 15) is 0 Å². The Kier molecular flexibility index (Phi) is 5.33. The zero-order valence-corrected chi connectivity index (χ0v) is 17.7. The van der Waals surface area contributed by atoms with Crippen LogP contribution < -0.4 is 0 Å². The highest BCUT2D eigenvalue weighted by atomic mass is 32.2. The number of aromatic nitrogens is 5. The van der Waals surface area contributed by atoms with Crippen LogP contribution in [0.5, 0.6) is 0 Å². The molecule has 0 atom stereocenters. The van der Waals surface area contributed by atoms with Crippen molar-refractivity contribution < 1.29 is 4.52 Å². The van der Waals surface area contributed by atoms with Crippen LogP contribution in [0.15, 0.2) is 94.9 Å².